The van der Waals surface area contributed by atoms with Gasteiger partial charge in [-0.1, -0.05) is 26.0 Å². The van der Waals surface area contributed by atoms with Crippen molar-refractivity contribution in [3.63, 3.8) is 0 Å². The lowest BCUT2D eigenvalue weighted by atomic mass is 10.0. The van der Waals surface area contributed by atoms with Crippen LogP contribution in [0, 0.1) is 16.0 Å². The molecule has 0 radical (unpaired) electrons. The van der Waals surface area contributed by atoms with Gasteiger partial charge in [0.1, 0.15) is 0 Å². The average Bonchev–Trinajstić information content (AvgIpc) is 2.59. The molecular weight excluding hydrogens is 318 g/mol. The lowest BCUT2D eigenvalue weighted by Gasteiger charge is -2.34. The molecule has 0 aliphatic carbocycles. The van der Waals surface area contributed by atoms with Crippen molar-refractivity contribution in [1.82, 2.24) is 15.5 Å². The minimum absolute atomic E-state index is 0.111. The van der Waals surface area contributed by atoms with Gasteiger partial charge in [0.05, 0.1) is 4.92 Å². The Morgan fingerprint density at radius 3 is 2.72 bits per heavy atom. The van der Waals surface area contributed by atoms with Gasteiger partial charge in [0.2, 0.25) is 0 Å². The zero-order valence-corrected chi connectivity index (χ0v) is 15.4. The SMILES string of the molecule is CN=C(NCc1cccc([N+](=O)[O-])c1)NC1CCN(CC(C)C)CC1. The van der Waals surface area contributed by atoms with Gasteiger partial charge in [0, 0.05) is 51.4 Å². The van der Waals surface area contributed by atoms with Gasteiger partial charge in [-0.3, -0.25) is 15.1 Å². The summed E-state index contributed by atoms with van der Waals surface area (Å²) >= 11 is 0. The van der Waals surface area contributed by atoms with Gasteiger partial charge >= 0.3 is 0 Å². The number of nitro benzene ring substituents is 1. The van der Waals surface area contributed by atoms with Crippen molar-refractivity contribution in [3.8, 4) is 0 Å². The summed E-state index contributed by atoms with van der Waals surface area (Å²) in [5, 5.41) is 17.6. The summed E-state index contributed by atoms with van der Waals surface area (Å²) in [6.45, 7) is 8.39. The van der Waals surface area contributed by atoms with Crippen molar-refractivity contribution in [3.05, 3.63) is 39.9 Å². The third-order valence-corrected chi connectivity index (χ3v) is 4.36. The number of non-ortho nitro benzene ring substituents is 1. The second-order valence-corrected chi connectivity index (χ2v) is 6.97. The van der Waals surface area contributed by atoms with Crippen LogP contribution < -0.4 is 10.6 Å². The summed E-state index contributed by atoms with van der Waals surface area (Å²) in [5.41, 5.74) is 0.976. The van der Waals surface area contributed by atoms with E-state index in [2.05, 4.69) is 34.4 Å². The van der Waals surface area contributed by atoms with Crippen molar-refractivity contribution < 1.29 is 4.92 Å². The van der Waals surface area contributed by atoms with Crippen molar-refractivity contribution >= 4 is 11.6 Å². The fourth-order valence-electron chi connectivity index (χ4n) is 3.13. The van der Waals surface area contributed by atoms with E-state index in [1.54, 1.807) is 19.2 Å². The highest BCUT2D eigenvalue weighted by Gasteiger charge is 2.20. The van der Waals surface area contributed by atoms with E-state index < -0.39 is 0 Å². The number of benzene rings is 1. The molecule has 138 valence electrons. The van der Waals surface area contributed by atoms with Crippen molar-refractivity contribution in [2.45, 2.75) is 39.3 Å². The summed E-state index contributed by atoms with van der Waals surface area (Å²) in [7, 11) is 1.75. The van der Waals surface area contributed by atoms with Gasteiger partial charge in [-0.25, -0.2) is 0 Å². The molecule has 2 N–H and O–H groups in total. The Kier molecular flexibility index (Phi) is 7.18. The monoisotopic (exact) mass is 347 g/mol. The van der Waals surface area contributed by atoms with Gasteiger partial charge in [-0.2, -0.15) is 0 Å². The molecule has 1 fully saturated rings. The number of hydrogen-bond acceptors (Lipinski definition) is 4. The first-order chi connectivity index (χ1) is 12.0. The Morgan fingerprint density at radius 2 is 2.12 bits per heavy atom. The number of rotatable bonds is 6. The summed E-state index contributed by atoms with van der Waals surface area (Å²) in [4.78, 5) is 17.3. The number of aliphatic imine (C=N–C) groups is 1. The van der Waals surface area contributed by atoms with E-state index in [0.717, 1.165) is 44.0 Å². The Balaban J connectivity index is 1.80. The predicted octanol–water partition coefficient (Wildman–Crippen LogP) is 2.38. The molecule has 0 saturated carbocycles. The molecule has 0 unspecified atom stereocenters. The molecule has 25 heavy (non-hydrogen) atoms. The maximum atomic E-state index is 10.8. The first-order valence-corrected chi connectivity index (χ1v) is 8.90. The molecule has 1 heterocycles. The molecule has 1 aliphatic rings. The minimum Gasteiger partial charge on any atom is -0.354 e. The molecule has 1 saturated heterocycles. The Morgan fingerprint density at radius 1 is 1.40 bits per heavy atom. The third kappa shape index (κ3) is 6.34. The van der Waals surface area contributed by atoms with Crippen LogP contribution in [0.3, 0.4) is 0 Å². The molecule has 0 spiro atoms. The van der Waals surface area contributed by atoms with Crippen LogP contribution in [0.25, 0.3) is 0 Å². The van der Waals surface area contributed by atoms with E-state index in [4.69, 9.17) is 0 Å². The lowest BCUT2D eigenvalue weighted by molar-refractivity contribution is -0.384. The molecule has 0 atom stereocenters. The van der Waals surface area contributed by atoms with Gasteiger partial charge in [0.15, 0.2) is 5.96 Å². The van der Waals surface area contributed by atoms with E-state index in [1.807, 2.05) is 6.07 Å². The molecule has 7 nitrogen and oxygen atoms in total. The quantitative estimate of drug-likeness (QED) is 0.357. The van der Waals surface area contributed by atoms with E-state index in [9.17, 15) is 10.1 Å². The van der Waals surface area contributed by atoms with Crippen molar-refractivity contribution in [2.24, 2.45) is 10.9 Å². The first kappa shape index (κ1) is 19.2. The predicted molar refractivity (Wildman–Crippen MR) is 101 cm³/mol. The smallest absolute Gasteiger partial charge is 0.269 e. The van der Waals surface area contributed by atoms with Gasteiger partial charge in [-0.05, 0) is 24.3 Å². The van der Waals surface area contributed by atoms with Crippen LogP contribution >= 0.6 is 0 Å². The van der Waals surface area contributed by atoms with Crippen molar-refractivity contribution in [2.75, 3.05) is 26.7 Å². The van der Waals surface area contributed by atoms with Gasteiger partial charge < -0.3 is 15.5 Å². The number of guanidine groups is 1. The van der Waals surface area contributed by atoms with Crippen LogP contribution in [-0.2, 0) is 6.54 Å². The Bertz CT molecular complexity index is 595. The number of hydrogen-bond donors (Lipinski definition) is 2. The lowest BCUT2D eigenvalue weighted by Crippen LogP contribution is -2.48. The molecule has 2 rings (SSSR count). The fourth-order valence-corrected chi connectivity index (χ4v) is 3.13. The van der Waals surface area contributed by atoms with Gasteiger partial charge in [0.25, 0.3) is 5.69 Å². The zero-order valence-electron chi connectivity index (χ0n) is 15.4. The van der Waals surface area contributed by atoms with Crippen LogP contribution in [0.2, 0.25) is 0 Å². The molecule has 0 bridgehead atoms. The summed E-state index contributed by atoms with van der Waals surface area (Å²) in [5.74, 6) is 1.45. The molecular formula is C18H29N5O2. The number of likely N-dealkylation sites (tertiary alicyclic amines) is 1. The largest absolute Gasteiger partial charge is 0.354 e. The maximum absolute atomic E-state index is 10.8. The topological polar surface area (TPSA) is 82.8 Å². The molecule has 0 amide bonds. The second-order valence-electron chi connectivity index (χ2n) is 6.97. The molecule has 1 aromatic rings. The number of nitrogens with zero attached hydrogens (tertiary/aromatic N) is 3. The van der Waals surface area contributed by atoms with Gasteiger partial charge in [-0.15, -0.1) is 0 Å². The normalized spacial score (nSPS) is 16.9. The Hall–Kier alpha value is -2.15. The van der Waals surface area contributed by atoms with E-state index in [-0.39, 0.29) is 10.6 Å². The molecule has 1 aromatic carbocycles. The molecule has 0 aromatic heterocycles. The standard InChI is InChI=1S/C18H29N5O2/c1-14(2)13-22-9-7-16(8-10-22)21-18(19-3)20-12-15-5-4-6-17(11-15)23(24)25/h4-6,11,14,16H,7-10,12-13H2,1-3H3,(H2,19,20,21). The Labute approximate surface area is 149 Å². The van der Waals surface area contributed by atoms with E-state index >= 15 is 0 Å². The maximum Gasteiger partial charge on any atom is 0.269 e. The van der Waals surface area contributed by atoms with Crippen LogP contribution in [0.5, 0.6) is 0 Å². The summed E-state index contributed by atoms with van der Waals surface area (Å²) < 4.78 is 0. The summed E-state index contributed by atoms with van der Waals surface area (Å²) in [6, 6.07) is 7.08. The number of piperidine rings is 1. The van der Waals surface area contributed by atoms with Crippen molar-refractivity contribution in [1.29, 1.82) is 0 Å². The minimum atomic E-state index is -0.374. The highest BCUT2D eigenvalue weighted by molar-refractivity contribution is 5.80. The number of nitro groups is 1. The van der Waals surface area contributed by atoms with Crippen LogP contribution in [0.4, 0.5) is 5.69 Å². The van der Waals surface area contributed by atoms with E-state index in [0.29, 0.717) is 18.5 Å². The highest BCUT2D eigenvalue weighted by Crippen LogP contribution is 2.14. The zero-order chi connectivity index (χ0) is 18.2. The average molecular weight is 347 g/mol. The highest BCUT2D eigenvalue weighted by atomic mass is 16.6. The first-order valence-electron chi connectivity index (χ1n) is 8.90. The molecule has 7 heteroatoms. The summed E-state index contributed by atoms with van der Waals surface area (Å²) in [6.07, 6.45) is 2.20. The van der Waals surface area contributed by atoms with Crippen LogP contribution in [0.1, 0.15) is 32.3 Å². The molecule has 1 aliphatic heterocycles. The second kappa shape index (κ2) is 9.36. The van der Waals surface area contributed by atoms with E-state index in [1.165, 1.54) is 6.07 Å². The fraction of sp³-hybridized carbons (Fsp3) is 0.611. The number of nitrogens with one attached hydrogen (secondary N) is 2. The third-order valence-electron chi connectivity index (χ3n) is 4.36. The van der Waals surface area contributed by atoms with Crippen LogP contribution in [0.15, 0.2) is 29.3 Å². The van der Waals surface area contributed by atoms with Crippen LogP contribution in [-0.4, -0.2) is 48.5 Å².